The third kappa shape index (κ3) is 2.36. The molecule has 0 fully saturated rings. The predicted molar refractivity (Wildman–Crippen MR) is 31.5 cm³/mol. The molecule has 8 heavy (non-hydrogen) atoms. The van der Waals surface area contributed by atoms with Crippen molar-refractivity contribution in [3.8, 4) is 0 Å². The van der Waals surface area contributed by atoms with E-state index in [9.17, 15) is 0 Å². The van der Waals surface area contributed by atoms with Gasteiger partial charge >= 0.3 is 0 Å². The van der Waals surface area contributed by atoms with Crippen molar-refractivity contribution in [3.05, 3.63) is 24.9 Å². The molecule has 44 valence electrons. The third-order valence-corrected chi connectivity index (χ3v) is 0.479. The van der Waals surface area contributed by atoms with Gasteiger partial charge in [-0.05, 0) is 0 Å². The van der Waals surface area contributed by atoms with Gasteiger partial charge in [-0.3, -0.25) is 0 Å². The van der Waals surface area contributed by atoms with Gasteiger partial charge in [0.2, 0.25) is 0 Å². The average Bonchev–Trinajstić information content (AvgIpc) is 1.90. The van der Waals surface area contributed by atoms with Gasteiger partial charge in [-0.1, -0.05) is 0 Å². The largest absolute Gasteiger partial charge is 0.469 e. The van der Waals surface area contributed by atoms with Crippen LogP contribution in [0, 0.1) is 0 Å². The summed E-state index contributed by atoms with van der Waals surface area (Å²) in [6.45, 7) is 0. The van der Waals surface area contributed by atoms with E-state index in [0.29, 0.717) is 0 Å². The van der Waals surface area contributed by atoms with Crippen LogP contribution >= 0.6 is 12.4 Å². The maximum Gasteiger partial charge on any atom is 0.110 e. The van der Waals surface area contributed by atoms with Crippen LogP contribution < -0.4 is 0 Å². The molecule has 1 heterocycles. The highest BCUT2D eigenvalue weighted by molar-refractivity contribution is 5.85. The molecule has 0 atom stereocenters. The lowest BCUT2D eigenvalue weighted by atomic mass is 11.0. The molecule has 0 aromatic heterocycles. The van der Waals surface area contributed by atoms with Gasteiger partial charge in [-0.25, -0.2) is 0 Å². The van der Waals surface area contributed by atoms with Crippen molar-refractivity contribution in [2.45, 2.75) is 0 Å². The van der Waals surface area contributed by atoms with Crippen molar-refractivity contribution in [2.75, 3.05) is 0 Å². The molecule has 0 N–H and O–H groups in total. The molecule has 0 spiro atoms. The topological polar surface area (TPSA) is 34.0 Å². The van der Waals surface area contributed by atoms with Crippen LogP contribution in [0.15, 0.2) is 35.2 Å². The molecule has 4 heteroatoms. The van der Waals surface area contributed by atoms with E-state index in [0.717, 1.165) is 0 Å². The minimum Gasteiger partial charge on any atom is -0.469 e. The van der Waals surface area contributed by atoms with E-state index >= 15 is 0 Å². The zero-order valence-electron chi connectivity index (χ0n) is 4.02. The van der Waals surface area contributed by atoms with Crippen LogP contribution in [0.25, 0.3) is 0 Å². The van der Waals surface area contributed by atoms with Crippen LogP contribution in [-0.2, 0) is 4.74 Å². The molecule has 0 saturated carbocycles. The average molecular weight is 133 g/mol. The Bertz CT molecular complexity index is 116. The van der Waals surface area contributed by atoms with Crippen LogP contribution in [0.1, 0.15) is 0 Å². The molecule has 1 rings (SSSR count). The van der Waals surface area contributed by atoms with Crippen molar-refractivity contribution < 1.29 is 4.74 Å². The lowest BCUT2D eigenvalue weighted by molar-refractivity contribution is 0.402. The van der Waals surface area contributed by atoms with Gasteiger partial charge in [0.25, 0.3) is 0 Å². The summed E-state index contributed by atoms with van der Waals surface area (Å²) in [5.74, 6) is 0. The number of nitrogens with zero attached hydrogens (tertiary/aromatic N) is 2. The maximum absolute atomic E-state index is 4.65. The highest BCUT2D eigenvalue weighted by Gasteiger charge is 1.71. The first kappa shape index (κ1) is 7.17. The summed E-state index contributed by atoms with van der Waals surface area (Å²) < 4.78 is 4.65. The Labute approximate surface area is 53.2 Å². The monoisotopic (exact) mass is 132 g/mol. The second-order valence-corrected chi connectivity index (χ2v) is 0.937. The van der Waals surface area contributed by atoms with Gasteiger partial charge in [0.05, 0.1) is 12.4 Å². The minimum absolute atomic E-state index is 0. The van der Waals surface area contributed by atoms with Crippen molar-refractivity contribution in [1.82, 2.24) is 0 Å². The molecular weight excluding hydrogens is 128 g/mol. The first-order valence-corrected chi connectivity index (χ1v) is 1.85. The van der Waals surface area contributed by atoms with Gasteiger partial charge in [0, 0.05) is 0 Å². The summed E-state index contributed by atoms with van der Waals surface area (Å²) in [6, 6.07) is 0. The SMILES string of the molecule is C1=COC=CN=N1.Cl. The summed E-state index contributed by atoms with van der Waals surface area (Å²) in [4.78, 5) is 0. The Balaban J connectivity index is 0.000000490. The second kappa shape index (κ2) is 4.33. The van der Waals surface area contributed by atoms with Gasteiger partial charge in [-0.15, -0.1) is 12.4 Å². The summed E-state index contributed by atoms with van der Waals surface area (Å²) >= 11 is 0. The first-order valence-electron chi connectivity index (χ1n) is 1.85. The van der Waals surface area contributed by atoms with E-state index in [1.54, 1.807) is 0 Å². The number of rotatable bonds is 0. The fraction of sp³-hybridized carbons (Fsp3) is 0. The van der Waals surface area contributed by atoms with E-state index in [1.807, 2.05) is 0 Å². The van der Waals surface area contributed by atoms with Gasteiger partial charge in [0.15, 0.2) is 0 Å². The quantitative estimate of drug-likeness (QED) is 0.495. The molecule has 0 amide bonds. The van der Waals surface area contributed by atoms with Gasteiger partial charge in [0.1, 0.15) is 12.5 Å². The van der Waals surface area contributed by atoms with Crippen LogP contribution in [0.5, 0.6) is 0 Å². The molecule has 0 saturated heterocycles. The van der Waals surface area contributed by atoms with E-state index in [2.05, 4.69) is 15.0 Å². The molecule has 0 aromatic carbocycles. The summed E-state index contributed by atoms with van der Waals surface area (Å²) in [6.07, 6.45) is 5.85. The van der Waals surface area contributed by atoms with E-state index < -0.39 is 0 Å². The number of ether oxygens (including phenoxy) is 1. The second-order valence-electron chi connectivity index (χ2n) is 0.937. The minimum atomic E-state index is 0. The molecule has 1 aliphatic rings. The van der Waals surface area contributed by atoms with Crippen LogP contribution in [0.3, 0.4) is 0 Å². The smallest absolute Gasteiger partial charge is 0.110 e. The number of hydrogen-bond donors (Lipinski definition) is 0. The third-order valence-electron chi connectivity index (χ3n) is 0.479. The molecule has 0 aromatic rings. The van der Waals surface area contributed by atoms with Crippen molar-refractivity contribution in [1.29, 1.82) is 0 Å². The molecule has 0 unspecified atom stereocenters. The lowest BCUT2D eigenvalue weighted by Gasteiger charge is -1.77. The van der Waals surface area contributed by atoms with Crippen LogP contribution in [-0.4, -0.2) is 0 Å². The standard InChI is InChI=1S/C4H4N2O.ClH/c1-3-7-4-2-6-5-1;/h1-4H;1H. The van der Waals surface area contributed by atoms with Crippen molar-refractivity contribution in [3.63, 3.8) is 0 Å². The Morgan fingerprint density at radius 1 is 1.00 bits per heavy atom. The summed E-state index contributed by atoms with van der Waals surface area (Å²) in [5.41, 5.74) is 0. The summed E-state index contributed by atoms with van der Waals surface area (Å²) in [7, 11) is 0. The number of hydrogen-bond acceptors (Lipinski definition) is 3. The Morgan fingerprint density at radius 2 is 1.50 bits per heavy atom. The van der Waals surface area contributed by atoms with Gasteiger partial charge in [-0.2, -0.15) is 10.2 Å². The fourth-order valence-corrected chi connectivity index (χ4v) is 0.247. The number of halogens is 1. The van der Waals surface area contributed by atoms with E-state index in [-0.39, 0.29) is 12.4 Å². The molecular formula is C4H5ClN2O. The highest BCUT2D eigenvalue weighted by atomic mass is 35.5. The number of azo groups is 1. The zero-order valence-corrected chi connectivity index (χ0v) is 4.84. The molecule has 1 aliphatic heterocycles. The maximum atomic E-state index is 4.65. The molecule has 0 aliphatic carbocycles. The molecule has 0 bridgehead atoms. The predicted octanol–water partition coefficient (Wildman–Crippen LogP) is 1.83. The summed E-state index contributed by atoms with van der Waals surface area (Å²) in [5, 5.41) is 7.01. The Kier molecular flexibility index (Phi) is 3.88. The molecule has 3 nitrogen and oxygen atoms in total. The van der Waals surface area contributed by atoms with Crippen LogP contribution in [0.2, 0.25) is 0 Å². The fourth-order valence-electron chi connectivity index (χ4n) is 0.247. The lowest BCUT2D eigenvalue weighted by Crippen LogP contribution is -1.56. The highest BCUT2D eigenvalue weighted by Crippen LogP contribution is 1.88. The normalized spacial score (nSPS) is 14.0. The van der Waals surface area contributed by atoms with Gasteiger partial charge < -0.3 is 4.74 Å². The van der Waals surface area contributed by atoms with Crippen molar-refractivity contribution in [2.24, 2.45) is 10.2 Å². The van der Waals surface area contributed by atoms with Crippen molar-refractivity contribution >= 4 is 12.4 Å². The zero-order chi connectivity index (χ0) is 4.95. The van der Waals surface area contributed by atoms with Crippen LogP contribution in [0.4, 0.5) is 0 Å². The van der Waals surface area contributed by atoms with E-state index in [4.69, 9.17) is 0 Å². The van der Waals surface area contributed by atoms with E-state index in [1.165, 1.54) is 24.9 Å². The molecule has 0 radical (unpaired) electrons. The Hall–Kier alpha value is -0.830. The first-order chi connectivity index (χ1) is 3.50. The Morgan fingerprint density at radius 3 is 2.00 bits per heavy atom.